The summed E-state index contributed by atoms with van der Waals surface area (Å²) in [7, 11) is 0. The van der Waals surface area contributed by atoms with E-state index in [2.05, 4.69) is 10.6 Å². The first-order valence-electron chi connectivity index (χ1n) is 6.24. The molecule has 0 unspecified atom stereocenters. The molecule has 6 heteroatoms. The van der Waals surface area contributed by atoms with Crippen molar-refractivity contribution in [2.75, 3.05) is 10.6 Å². The Bertz CT molecular complexity index is 673. The number of hydrogen-bond acceptors (Lipinski definition) is 2. The first-order valence-corrected chi connectivity index (χ1v) is 6.24. The van der Waals surface area contributed by atoms with Crippen LogP contribution in [-0.4, -0.2) is 11.9 Å². The second-order valence-electron chi connectivity index (χ2n) is 4.39. The van der Waals surface area contributed by atoms with Crippen molar-refractivity contribution in [3.05, 3.63) is 59.9 Å². The van der Waals surface area contributed by atoms with E-state index in [9.17, 15) is 14.0 Å². The second kappa shape index (κ2) is 6.51. The zero-order chi connectivity index (χ0) is 15.2. The van der Waals surface area contributed by atoms with Gasteiger partial charge in [-0.05, 0) is 29.8 Å². The van der Waals surface area contributed by atoms with E-state index >= 15 is 0 Å². The van der Waals surface area contributed by atoms with Crippen LogP contribution in [0.25, 0.3) is 0 Å². The number of amides is 3. The van der Waals surface area contributed by atoms with E-state index in [1.54, 1.807) is 42.5 Å². The lowest BCUT2D eigenvalue weighted by atomic mass is 10.1. The fourth-order valence-corrected chi connectivity index (χ4v) is 1.84. The Balaban J connectivity index is 2.03. The van der Waals surface area contributed by atoms with Crippen LogP contribution in [-0.2, 0) is 11.2 Å². The largest absolute Gasteiger partial charge is 0.351 e. The van der Waals surface area contributed by atoms with E-state index in [0.717, 1.165) is 0 Å². The topological polar surface area (TPSA) is 84.2 Å². The third-order valence-corrected chi connectivity index (χ3v) is 2.72. The van der Waals surface area contributed by atoms with Crippen molar-refractivity contribution < 1.29 is 14.0 Å². The maximum atomic E-state index is 13.5. The normalized spacial score (nSPS) is 9.95. The van der Waals surface area contributed by atoms with Crippen LogP contribution in [0.1, 0.15) is 5.56 Å². The molecule has 0 fully saturated rings. The van der Waals surface area contributed by atoms with Gasteiger partial charge in [-0.25, -0.2) is 9.18 Å². The highest BCUT2D eigenvalue weighted by molar-refractivity contribution is 5.94. The van der Waals surface area contributed by atoms with Crippen molar-refractivity contribution in [2.24, 2.45) is 5.73 Å². The van der Waals surface area contributed by atoms with Gasteiger partial charge < -0.3 is 16.4 Å². The van der Waals surface area contributed by atoms with Gasteiger partial charge in [0.2, 0.25) is 5.91 Å². The average molecular weight is 287 g/mol. The summed E-state index contributed by atoms with van der Waals surface area (Å²) < 4.78 is 13.5. The van der Waals surface area contributed by atoms with Gasteiger partial charge in [0.25, 0.3) is 0 Å². The molecule has 2 rings (SSSR count). The highest BCUT2D eigenvalue weighted by Crippen LogP contribution is 2.15. The number of benzene rings is 2. The predicted molar refractivity (Wildman–Crippen MR) is 78.4 cm³/mol. The molecule has 2 aromatic rings. The summed E-state index contributed by atoms with van der Waals surface area (Å²) in [5, 5.41) is 5.04. The van der Waals surface area contributed by atoms with E-state index < -0.39 is 11.8 Å². The first kappa shape index (κ1) is 14.5. The molecule has 2 aromatic carbocycles. The second-order valence-corrected chi connectivity index (χ2v) is 4.39. The lowest BCUT2D eigenvalue weighted by molar-refractivity contribution is -0.115. The molecule has 0 spiro atoms. The molecule has 5 nitrogen and oxygen atoms in total. The van der Waals surface area contributed by atoms with Crippen LogP contribution < -0.4 is 16.4 Å². The van der Waals surface area contributed by atoms with Crippen molar-refractivity contribution in [2.45, 2.75) is 6.42 Å². The van der Waals surface area contributed by atoms with Gasteiger partial charge in [-0.15, -0.1) is 0 Å². The molecule has 0 bridgehead atoms. The SMILES string of the molecule is NC(=O)Nc1cccc(NC(=O)Cc2ccccc2F)c1. The van der Waals surface area contributed by atoms with Crippen molar-refractivity contribution in [3.63, 3.8) is 0 Å². The van der Waals surface area contributed by atoms with E-state index in [1.165, 1.54) is 6.07 Å². The number of carbonyl (C=O) groups excluding carboxylic acids is 2. The molecule has 0 radical (unpaired) electrons. The van der Waals surface area contributed by atoms with Crippen LogP contribution in [0.15, 0.2) is 48.5 Å². The number of nitrogens with two attached hydrogens (primary N) is 1. The minimum atomic E-state index is -0.690. The average Bonchev–Trinajstić information content (AvgIpc) is 2.41. The highest BCUT2D eigenvalue weighted by Gasteiger charge is 2.08. The summed E-state index contributed by atoms with van der Waals surface area (Å²) >= 11 is 0. The van der Waals surface area contributed by atoms with Gasteiger partial charge in [-0.3, -0.25) is 4.79 Å². The Morgan fingerprint density at radius 1 is 1.00 bits per heavy atom. The molecule has 3 amide bonds. The van der Waals surface area contributed by atoms with Gasteiger partial charge in [0.1, 0.15) is 5.82 Å². The van der Waals surface area contributed by atoms with Crippen molar-refractivity contribution >= 4 is 23.3 Å². The summed E-state index contributed by atoms with van der Waals surface area (Å²) in [6, 6.07) is 11.9. The monoisotopic (exact) mass is 287 g/mol. The molecule has 0 aliphatic carbocycles. The first-order chi connectivity index (χ1) is 10.0. The minimum Gasteiger partial charge on any atom is -0.351 e. The summed E-state index contributed by atoms with van der Waals surface area (Å²) in [5.41, 5.74) is 6.29. The maximum Gasteiger partial charge on any atom is 0.316 e. The van der Waals surface area contributed by atoms with Crippen LogP contribution in [0.5, 0.6) is 0 Å². The van der Waals surface area contributed by atoms with E-state index in [0.29, 0.717) is 16.9 Å². The summed E-state index contributed by atoms with van der Waals surface area (Å²) in [6.07, 6.45) is -0.0693. The Morgan fingerprint density at radius 2 is 1.67 bits per heavy atom. The Kier molecular flexibility index (Phi) is 4.50. The van der Waals surface area contributed by atoms with Gasteiger partial charge in [-0.2, -0.15) is 0 Å². The molecule has 0 saturated heterocycles. The molecular formula is C15H14FN3O2. The number of anilines is 2. The van der Waals surface area contributed by atoms with Crippen molar-refractivity contribution in [1.29, 1.82) is 0 Å². The Hall–Kier alpha value is -2.89. The van der Waals surface area contributed by atoms with Crippen LogP contribution >= 0.6 is 0 Å². The van der Waals surface area contributed by atoms with E-state index in [4.69, 9.17) is 5.73 Å². The molecule has 4 N–H and O–H groups in total. The molecule has 108 valence electrons. The van der Waals surface area contributed by atoms with Gasteiger partial charge >= 0.3 is 6.03 Å². The Labute approximate surface area is 121 Å². The lowest BCUT2D eigenvalue weighted by Crippen LogP contribution is -2.19. The molecule has 0 heterocycles. The third kappa shape index (κ3) is 4.31. The number of rotatable bonds is 4. The predicted octanol–water partition coefficient (Wildman–Crippen LogP) is 2.50. The molecule has 0 aromatic heterocycles. The standard InChI is InChI=1S/C15H14FN3O2/c16-13-7-2-1-4-10(13)8-14(20)18-11-5-3-6-12(9-11)19-15(17)21/h1-7,9H,8H2,(H,18,20)(H3,17,19,21). The Morgan fingerprint density at radius 3 is 2.33 bits per heavy atom. The van der Waals surface area contributed by atoms with Crippen LogP contribution in [0, 0.1) is 5.82 Å². The molecule has 0 atom stereocenters. The number of halogens is 1. The van der Waals surface area contributed by atoms with Crippen molar-refractivity contribution in [1.82, 2.24) is 0 Å². The lowest BCUT2D eigenvalue weighted by Gasteiger charge is -2.08. The van der Waals surface area contributed by atoms with Crippen LogP contribution in [0.2, 0.25) is 0 Å². The van der Waals surface area contributed by atoms with Crippen LogP contribution in [0.3, 0.4) is 0 Å². The molecular weight excluding hydrogens is 273 g/mol. The zero-order valence-corrected chi connectivity index (χ0v) is 11.1. The fourth-order valence-electron chi connectivity index (χ4n) is 1.84. The molecule has 0 aliphatic rings. The highest BCUT2D eigenvalue weighted by atomic mass is 19.1. The summed E-state index contributed by atoms with van der Waals surface area (Å²) in [5.74, 6) is -0.770. The summed E-state index contributed by atoms with van der Waals surface area (Å²) in [6.45, 7) is 0. The fraction of sp³-hybridized carbons (Fsp3) is 0.0667. The zero-order valence-electron chi connectivity index (χ0n) is 11.1. The molecule has 21 heavy (non-hydrogen) atoms. The van der Waals surface area contributed by atoms with E-state index in [-0.39, 0.29) is 12.3 Å². The molecule has 0 aliphatic heterocycles. The molecule has 0 saturated carbocycles. The smallest absolute Gasteiger partial charge is 0.316 e. The number of urea groups is 1. The van der Waals surface area contributed by atoms with Gasteiger partial charge in [-0.1, -0.05) is 24.3 Å². The quantitative estimate of drug-likeness (QED) is 0.807. The minimum absolute atomic E-state index is 0.0693. The van der Waals surface area contributed by atoms with E-state index in [1.807, 2.05) is 0 Å². The van der Waals surface area contributed by atoms with Gasteiger partial charge in [0, 0.05) is 11.4 Å². The number of nitrogens with one attached hydrogen (secondary N) is 2. The summed E-state index contributed by atoms with van der Waals surface area (Å²) in [4.78, 5) is 22.6. The van der Waals surface area contributed by atoms with Gasteiger partial charge in [0.15, 0.2) is 0 Å². The maximum absolute atomic E-state index is 13.5. The number of primary amides is 1. The number of hydrogen-bond donors (Lipinski definition) is 3. The third-order valence-electron chi connectivity index (χ3n) is 2.72. The number of carbonyl (C=O) groups is 2. The van der Waals surface area contributed by atoms with Crippen molar-refractivity contribution in [3.8, 4) is 0 Å². The van der Waals surface area contributed by atoms with Crippen LogP contribution in [0.4, 0.5) is 20.6 Å². The van der Waals surface area contributed by atoms with Gasteiger partial charge in [0.05, 0.1) is 6.42 Å².